The smallest absolute Gasteiger partial charge is 0.334 e. The standard InChI is InChI=1S/C15H20N2O2S/c1-4-19-15(18)13(11(3)16)17-14(20)10(2)12-8-6-5-7-9-12/h5-10,13,16H,4H2,1-3H3,(H,17,20)/t10-,13-/m0/s1. The van der Waals surface area contributed by atoms with Crippen molar-refractivity contribution in [1.82, 2.24) is 5.32 Å². The number of rotatable bonds is 6. The largest absolute Gasteiger partial charge is 0.464 e. The zero-order valence-electron chi connectivity index (χ0n) is 12.0. The number of hydrogen-bond donors (Lipinski definition) is 2. The lowest BCUT2D eigenvalue weighted by Gasteiger charge is -2.21. The lowest BCUT2D eigenvalue weighted by molar-refractivity contribution is -0.143. The van der Waals surface area contributed by atoms with Crippen LogP contribution in [0.2, 0.25) is 0 Å². The van der Waals surface area contributed by atoms with Crippen molar-refractivity contribution in [3.8, 4) is 0 Å². The van der Waals surface area contributed by atoms with Crippen molar-refractivity contribution in [2.24, 2.45) is 0 Å². The van der Waals surface area contributed by atoms with Gasteiger partial charge in [0, 0.05) is 11.6 Å². The molecule has 1 aromatic carbocycles. The molecule has 5 heteroatoms. The molecule has 20 heavy (non-hydrogen) atoms. The first kappa shape index (κ1) is 16.3. The summed E-state index contributed by atoms with van der Waals surface area (Å²) in [6.07, 6.45) is 0. The molecule has 0 fully saturated rings. The maximum absolute atomic E-state index is 11.8. The molecule has 2 N–H and O–H groups in total. The van der Waals surface area contributed by atoms with Gasteiger partial charge in [0.1, 0.15) is 0 Å². The van der Waals surface area contributed by atoms with Crippen molar-refractivity contribution in [2.75, 3.05) is 6.61 Å². The van der Waals surface area contributed by atoms with Crippen molar-refractivity contribution in [3.05, 3.63) is 35.9 Å². The van der Waals surface area contributed by atoms with Crippen LogP contribution >= 0.6 is 12.2 Å². The Balaban J connectivity index is 2.76. The Labute approximate surface area is 125 Å². The summed E-state index contributed by atoms with van der Waals surface area (Å²) in [5.41, 5.74) is 1.25. The zero-order chi connectivity index (χ0) is 15.1. The molecule has 0 aliphatic rings. The van der Waals surface area contributed by atoms with Gasteiger partial charge in [-0.1, -0.05) is 49.5 Å². The number of carbonyl (C=O) groups excluding carboxylic acids is 1. The molecule has 0 aliphatic carbocycles. The van der Waals surface area contributed by atoms with Gasteiger partial charge in [0.05, 0.1) is 11.6 Å². The van der Waals surface area contributed by atoms with E-state index in [2.05, 4.69) is 5.32 Å². The average molecular weight is 292 g/mol. The SMILES string of the molecule is CCOC(=O)[C@@H](NC(=S)[C@@H](C)c1ccccc1)C(C)=N. The number of ether oxygens (including phenoxy) is 1. The fourth-order valence-electron chi connectivity index (χ4n) is 1.73. The van der Waals surface area contributed by atoms with Crippen LogP contribution in [-0.4, -0.2) is 29.3 Å². The third-order valence-corrected chi connectivity index (χ3v) is 3.41. The summed E-state index contributed by atoms with van der Waals surface area (Å²) in [6.45, 7) is 5.54. The Hall–Kier alpha value is -1.75. The van der Waals surface area contributed by atoms with E-state index in [0.29, 0.717) is 4.99 Å². The van der Waals surface area contributed by atoms with Gasteiger partial charge in [-0.3, -0.25) is 0 Å². The molecular weight excluding hydrogens is 272 g/mol. The van der Waals surface area contributed by atoms with Crippen LogP contribution in [0.1, 0.15) is 32.3 Å². The Kier molecular flexibility index (Phi) is 6.31. The molecule has 108 valence electrons. The minimum absolute atomic E-state index is 0.0255. The predicted octanol–water partition coefficient (Wildman–Crippen LogP) is 2.68. The molecule has 0 saturated heterocycles. The number of thiocarbonyl (C=S) groups is 1. The van der Waals surface area contributed by atoms with Crippen LogP contribution in [0.15, 0.2) is 30.3 Å². The molecule has 1 rings (SSSR count). The molecule has 0 saturated carbocycles. The minimum atomic E-state index is -0.811. The maximum atomic E-state index is 11.8. The highest BCUT2D eigenvalue weighted by Gasteiger charge is 2.24. The first-order valence-electron chi connectivity index (χ1n) is 6.54. The van der Waals surface area contributed by atoms with E-state index >= 15 is 0 Å². The molecule has 0 unspecified atom stereocenters. The van der Waals surface area contributed by atoms with Crippen LogP contribution in [0.3, 0.4) is 0 Å². The molecule has 0 heterocycles. The Bertz CT molecular complexity index is 488. The van der Waals surface area contributed by atoms with E-state index < -0.39 is 12.0 Å². The van der Waals surface area contributed by atoms with E-state index in [-0.39, 0.29) is 18.2 Å². The second-order valence-electron chi connectivity index (χ2n) is 4.51. The van der Waals surface area contributed by atoms with E-state index in [4.69, 9.17) is 22.4 Å². The lowest BCUT2D eigenvalue weighted by Crippen LogP contribution is -2.46. The monoisotopic (exact) mass is 292 g/mol. The van der Waals surface area contributed by atoms with E-state index in [1.54, 1.807) is 13.8 Å². The van der Waals surface area contributed by atoms with Gasteiger partial charge in [-0.05, 0) is 19.4 Å². The Morgan fingerprint density at radius 2 is 2.00 bits per heavy atom. The third kappa shape index (κ3) is 4.42. The molecule has 0 aromatic heterocycles. The van der Waals surface area contributed by atoms with E-state index in [1.165, 1.54) is 0 Å². The summed E-state index contributed by atoms with van der Waals surface area (Å²) < 4.78 is 4.95. The third-order valence-electron chi connectivity index (χ3n) is 2.93. The Morgan fingerprint density at radius 3 is 2.50 bits per heavy atom. The lowest BCUT2D eigenvalue weighted by atomic mass is 10.0. The second kappa shape index (κ2) is 7.75. The molecule has 0 spiro atoms. The molecule has 4 nitrogen and oxygen atoms in total. The minimum Gasteiger partial charge on any atom is -0.464 e. The van der Waals surface area contributed by atoms with Crippen LogP contribution in [0.5, 0.6) is 0 Å². The first-order valence-corrected chi connectivity index (χ1v) is 6.95. The van der Waals surface area contributed by atoms with Crippen molar-refractivity contribution < 1.29 is 9.53 Å². The summed E-state index contributed by atoms with van der Waals surface area (Å²) in [4.78, 5) is 12.3. The highest BCUT2D eigenvalue weighted by Crippen LogP contribution is 2.16. The van der Waals surface area contributed by atoms with Crippen LogP contribution in [0.25, 0.3) is 0 Å². The number of esters is 1. The average Bonchev–Trinajstić information content (AvgIpc) is 2.44. The van der Waals surface area contributed by atoms with E-state index in [1.807, 2.05) is 37.3 Å². The summed E-state index contributed by atoms with van der Waals surface area (Å²) in [6, 6.07) is 8.98. The maximum Gasteiger partial charge on any atom is 0.334 e. The first-order chi connectivity index (χ1) is 9.47. The van der Waals surface area contributed by atoms with E-state index in [9.17, 15) is 4.79 Å². The van der Waals surface area contributed by atoms with Crippen molar-refractivity contribution in [2.45, 2.75) is 32.7 Å². The van der Waals surface area contributed by atoms with Crippen LogP contribution in [0, 0.1) is 5.41 Å². The quantitative estimate of drug-likeness (QED) is 0.481. The topological polar surface area (TPSA) is 62.2 Å². The fourth-order valence-corrected chi connectivity index (χ4v) is 1.98. The van der Waals surface area contributed by atoms with Gasteiger partial charge in [-0.2, -0.15) is 0 Å². The number of hydrogen-bond acceptors (Lipinski definition) is 4. The molecule has 0 aliphatic heterocycles. The highest BCUT2D eigenvalue weighted by molar-refractivity contribution is 7.80. The molecule has 1 aromatic rings. The number of benzene rings is 1. The molecule has 0 bridgehead atoms. The van der Waals surface area contributed by atoms with Crippen LogP contribution < -0.4 is 5.32 Å². The molecule has 0 radical (unpaired) electrons. The normalized spacial score (nSPS) is 13.2. The van der Waals surface area contributed by atoms with Crippen molar-refractivity contribution in [3.63, 3.8) is 0 Å². The second-order valence-corrected chi connectivity index (χ2v) is 4.95. The van der Waals surface area contributed by atoms with E-state index in [0.717, 1.165) is 5.56 Å². The number of carbonyl (C=O) groups is 1. The van der Waals surface area contributed by atoms with Gasteiger partial charge < -0.3 is 15.5 Å². The van der Waals surface area contributed by atoms with Crippen molar-refractivity contribution >= 4 is 28.9 Å². The van der Waals surface area contributed by atoms with Crippen LogP contribution in [-0.2, 0) is 9.53 Å². The van der Waals surface area contributed by atoms with Gasteiger partial charge in [0.2, 0.25) is 0 Å². The summed E-state index contributed by atoms with van der Waals surface area (Å²) in [5.74, 6) is -0.495. The van der Waals surface area contributed by atoms with Gasteiger partial charge in [0.25, 0.3) is 0 Å². The van der Waals surface area contributed by atoms with Gasteiger partial charge in [0.15, 0.2) is 6.04 Å². The van der Waals surface area contributed by atoms with Gasteiger partial charge in [-0.25, -0.2) is 4.79 Å². The summed E-state index contributed by atoms with van der Waals surface area (Å²) in [5, 5.41) is 10.6. The Morgan fingerprint density at radius 1 is 1.40 bits per heavy atom. The fraction of sp³-hybridized carbons (Fsp3) is 0.400. The van der Waals surface area contributed by atoms with Gasteiger partial charge >= 0.3 is 5.97 Å². The summed E-state index contributed by atoms with van der Waals surface area (Å²) >= 11 is 5.34. The molecule has 0 amide bonds. The number of nitrogens with one attached hydrogen (secondary N) is 2. The van der Waals surface area contributed by atoms with Gasteiger partial charge in [-0.15, -0.1) is 0 Å². The van der Waals surface area contributed by atoms with Crippen molar-refractivity contribution in [1.29, 1.82) is 5.41 Å². The predicted molar refractivity (Wildman–Crippen MR) is 84.4 cm³/mol. The molecular formula is C15H20N2O2S. The molecule has 2 atom stereocenters. The summed E-state index contributed by atoms with van der Waals surface area (Å²) in [7, 11) is 0. The zero-order valence-corrected chi connectivity index (χ0v) is 12.8. The van der Waals surface area contributed by atoms with Crippen LogP contribution in [0.4, 0.5) is 0 Å². The highest BCUT2D eigenvalue weighted by atomic mass is 32.1.